The van der Waals surface area contributed by atoms with Crippen molar-refractivity contribution in [3.63, 3.8) is 0 Å². The third-order valence-electron chi connectivity index (χ3n) is 6.03. The van der Waals surface area contributed by atoms with Crippen molar-refractivity contribution in [2.24, 2.45) is 16.8 Å². The molecule has 2 aromatic rings. The molecule has 0 radical (unpaired) electrons. The van der Waals surface area contributed by atoms with Crippen LogP contribution in [0.5, 0.6) is 0 Å². The quantitative estimate of drug-likeness (QED) is 0.595. The summed E-state index contributed by atoms with van der Waals surface area (Å²) in [5.41, 5.74) is 7.47. The lowest BCUT2D eigenvalue weighted by Gasteiger charge is -2.12. The molecule has 0 saturated heterocycles. The number of aliphatic carboxylic acids is 1. The standard InChI is InChI=1S/C25H31N3O3/c1-16(2)13-17-3-9-20(10-4-17)24-27-23(28-31-24)19-7-5-18(6-8-19)15-26-22-12-11-21(14-22)25(29)30/h3-10,16,21-22,24,26H,11-15H2,1-2H3,(H,27,28)(H,29,30). The summed E-state index contributed by atoms with van der Waals surface area (Å²) in [5, 5.41) is 12.6. The van der Waals surface area contributed by atoms with Crippen LogP contribution in [0.4, 0.5) is 0 Å². The number of carbonyl (C=O) groups is 1. The zero-order chi connectivity index (χ0) is 21.8. The lowest BCUT2D eigenvalue weighted by atomic mass is 10.0. The first-order valence-electron chi connectivity index (χ1n) is 11.1. The lowest BCUT2D eigenvalue weighted by molar-refractivity contribution is -0.141. The van der Waals surface area contributed by atoms with Crippen molar-refractivity contribution >= 4 is 11.8 Å². The van der Waals surface area contributed by atoms with Crippen LogP contribution in [0.2, 0.25) is 0 Å². The summed E-state index contributed by atoms with van der Waals surface area (Å²) >= 11 is 0. The van der Waals surface area contributed by atoms with E-state index in [1.807, 2.05) is 12.1 Å². The zero-order valence-corrected chi connectivity index (χ0v) is 18.2. The number of hydroxylamine groups is 1. The largest absolute Gasteiger partial charge is 0.481 e. The van der Waals surface area contributed by atoms with E-state index in [1.165, 1.54) is 11.1 Å². The smallest absolute Gasteiger partial charge is 0.306 e. The molecule has 4 rings (SSSR count). The van der Waals surface area contributed by atoms with Crippen LogP contribution < -0.4 is 10.8 Å². The maximum absolute atomic E-state index is 11.1. The molecule has 164 valence electrons. The van der Waals surface area contributed by atoms with Crippen LogP contribution in [-0.4, -0.2) is 23.0 Å². The Morgan fingerprint density at radius 1 is 1.13 bits per heavy atom. The topological polar surface area (TPSA) is 83.0 Å². The first-order chi connectivity index (χ1) is 15.0. The van der Waals surface area contributed by atoms with E-state index in [4.69, 9.17) is 14.9 Å². The minimum Gasteiger partial charge on any atom is -0.481 e. The Morgan fingerprint density at radius 2 is 1.84 bits per heavy atom. The van der Waals surface area contributed by atoms with Gasteiger partial charge in [0.25, 0.3) is 0 Å². The summed E-state index contributed by atoms with van der Waals surface area (Å²) in [5.74, 6) is 0.491. The minimum atomic E-state index is -0.675. The van der Waals surface area contributed by atoms with Gasteiger partial charge in [-0.15, -0.1) is 0 Å². The molecule has 2 aliphatic rings. The molecule has 0 amide bonds. The molecule has 1 heterocycles. The van der Waals surface area contributed by atoms with Gasteiger partial charge in [-0.3, -0.25) is 4.79 Å². The summed E-state index contributed by atoms with van der Waals surface area (Å²) in [7, 11) is 0. The highest BCUT2D eigenvalue weighted by atomic mass is 16.7. The number of aliphatic imine (C=N–C) groups is 1. The first-order valence-corrected chi connectivity index (χ1v) is 11.1. The average Bonchev–Trinajstić information content (AvgIpc) is 3.43. The monoisotopic (exact) mass is 421 g/mol. The van der Waals surface area contributed by atoms with Gasteiger partial charge in [0, 0.05) is 23.7 Å². The molecule has 3 atom stereocenters. The van der Waals surface area contributed by atoms with Gasteiger partial charge in [0.15, 0.2) is 5.84 Å². The average molecular weight is 422 g/mol. The van der Waals surface area contributed by atoms with E-state index in [9.17, 15) is 4.79 Å². The number of benzene rings is 2. The molecule has 3 unspecified atom stereocenters. The summed E-state index contributed by atoms with van der Waals surface area (Å²) < 4.78 is 0. The number of nitrogens with one attached hydrogen (secondary N) is 2. The Morgan fingerprint density at radius 3 is 2.48 bits per heavy atom. The van der Waals surface area contributed by atoms with Crippen LogP contribution in [0.25, 0.3) is 0 Å². The van der Waals surface area contributed by atoms with Gasteiger partial charge in [-0.25, -0.2) is 15.3 Å². The van der Waals surface area contributed by atoms with Gasteiger partial charge in [-0.1, -0.05) is 62.4 Å². The molecule has 1 aliphatic carbocycles. The van der Waals surface area contributed by atoms with E-state index in [2.05, 4.69) is 61.0 Å². The van der Waals surface area contributed by atoms with Crippen molar-refractivity contribution in [3.8, 4) is 0 Å². The molecular weight excluding hydrogens is 390 g/mol. The summed E-state index contributed by atoms with van der Waals surface area (Å²) in [4.78, 5) is 21.5. The van der Waals surface area contributed by atoms with Crippen molar-refractivity contribution < 1.29 is 14.7 Å². The maximum atomic E-state index is 11.1. The van der Waals surface area contributed by atoms with Crippen LogP contribution in [-0.2, 0) is 22.6 Å². The summed E-state index contributed by atoms with van der Waals surface area (Å²) in [6.45, 7) is 5.18. The van der Waals surface area contributed by atoms with Gasteiger partial charge in [0.05, 0.1) is 5.92 Å². The van der Waals surface area contributed by atoms with Crippen LogP contribution >= 0.6 is 0 Å². The molecule has 0 bridgehead atoms. The van der Waals surface area contributed by atoms with Crippen molar-refractivity contribution in [2.45, 2.75) is 58.3 Å². The third kappa shape index (κ3) is 5.51. The number of nitrogens with zero attached hydrogens (tertiary/aromatic N) is 1. The number of hydrogen-bond donors (Lipinski definition) is 3. The first kappa shape index (κ1) is 21.5. The van der Waals surface area contributed by atoms with E-state index in [1.54, 1.807) is 0 Å². The van der Waals surface area contributed by atoms with E-state index in [0.29, 0.717) is 12.3 Å². The normalized spacial score (nSPS) is 23.1. The van der Waals surface area contributed by atoms with Crippen molar-refractivity contribution in [1.82, 2.24) is 10.8 Å². The summed E-state index contributed by atoms with van der Waals surface area (Å²) in [6, 6.07) is 17.0. The van der Waals surface area contributed by atoms with Gasteiger partial charge in [-0.05, 0) is 42.7 Å². The Labute approximate surface area is 183 Å². The fraction of sp³-hybridized carbons (Fsp3) is 0.440. The third-order valence-corrected chi connectivity index (χ3v) is 6.03. The number of carboxylic acids is 1. The maximum Gasteiger partial charge on any atom is 0.306 e. The van der Waals surface area contributed by atoms with Gasteiger partial charge >= 0.3 is 5.97 Å². The van der Waals surface area contributed by atoms with E-state index >= 15 is 0 Å². The molecule has 0 aromatic heterocycles. The van der Waals surface area contributed by atoms with E-state index in [-0.39, 0.29) is 18.2 Å². The predicted molar refractivity (Wildman–Crippen MR) is 121 cm³/mol. The van der Waals surface area contributed by atoms with Gasteiger partial charge in [0.2, 0.25) is 6.23 Å². The predicted octanol–water partition coefficient (Wildman–Crippen LogP) is 4.21. The van der Waals surface area contributed by atoms with Crippen molar-refractivity contribution in [2.75, 3.05) is 0 Å². The molecule has 31 heavy (non-hydrogen) atoms. The zero-order valence-electron chi connectivity index (χ0n) is 18.2. The molecular formula is C25H31N3O3. The lowest BCUT2D eigenvalue weighted by Crippen LogP contribution is -2.26. The Balaban J connectivity index is 1.32. The Kier molecular flexibility index (Phi) is 6.68. The van der Waals surface area contributed by atoms with Crippen LogP contribution in [0, 0.1) is 11.8 Å². The second kappa shape index (κ2) is 9.62. The molecule has 6 nitrogen and oxygen atoms in total. The van der Waals surface area contributed by atoms with Crippen LogP contribution in [0.3, 0.4) is 0 Å². The molecule has 0 spiro atoms. The van der Waals surface area contributed by atoms with Gasteiger partial charge in [-0.2, -0.15) is 0 Å². The molecule has 1 aliphatic heterocycles. The van der Waals surface area contributed by atoms with Gasteiger partial charge in [0.1, 0.15) is 0 Å². The van der Waals surface area contributed by atoms with Crippen molar-refractivity contribution in [1.29, 1.82) is 0 Å². The van der Waals surface area contributed by atoms with E-state index in [0.717, 1.165) is 42.8 Å². The fourth-order valence-electron chi connectivity index (χ4n) is 4.28. The molecule has 3 N–H and O–H groups in total. The van der Waals surface area contributed by atoms with Gasteiger partial charge < -0.3 is 10.4 Å². The minimum absolute atomic E-state index is 0.203. The highest BCUT2D eigenvalue weighted by molar-refractivity contribution is 5.98. The molecule has 1 fully saturated rings. The Bertz CT molecular complexity index is 922. The number of rotatable bonds is 8. The van der Waals surface area contributed by atoms with E-state index < -0.39 is 5.97 Å². The second-order valence-corrected chi connectivity index (χ2v) is 9.01. The molecule has 2 aromatic carbocycles. The molecule has 1 saturated carbocycles. The highest BCUT2D eigenvalue weighted by Gasteiger charge is 2.29. The van der Waals surface area contributed by atoms with Crippen molar-refractivity contribution in [3.05, 3.63) is 70.8 Å². The van der Waals surface area contributed by atoms with Crippen LogP contribution in [0.15, 0.2) is 53.5 Å². The van der Waals surface area contributed by atoms with Crippen LogP contribution in [0.1, 0.15) is 61.6 Å². The number of amidine groups is 1. The second-order valence-electron chi connectivity index (χ2n) is 9.01. The number of hydrogen-bond acceptors (Lipinski definition) is 5. The number of carboxylic acid groups (broad SMARTS) is 1. The fourth-order valence-corrected chi connectivity index (χ4v) is 4.28. The SMILES string of the molecule is CC(C)Cc1ccc(C2N=C(c3ccc(CNC4CCC(C(=O)O)C4)cc3)NO2)cc1. The Hall–Kier alpha value is -2.70. The molecule has 6 heteroatoms. The highest BCUT2D eigenvalue weighted by Crippen LogP contribution is 2.26. The summed E-state index contributed by atoms with van der Waals surface area (Å²) in [6.07, 6.45) is 3.13.